The summed E-state index contributed by atoms with van der Waals surface area (Å²) in [5, 5.41) is 19.0. The molecule has 76 valence electrons. The number of rotatable bonds is 2. The Kier molecular flexibility index (Phi) is 2.23. The average molecular weight is 192 g/mol. The van der Waals surface area contributed by atoms with Crippen molar-refractivity contribution >= 4 is 0 Å². The number of benzene rings is 1. The molecular weight excluding hydrogens is 176 g/mol. The third kappa shape index (κ3) is 1.30. The summed E-state index contributed by atoms with van der Waals surface area (Å²) >= 11 is 0. The maximum absolute atomic E-state index is 9.60. The predicted molar refractivity (Wildman–Crippen MR) is 55.5 cm³/mol. The lowest BCUT2D eigenvalue weighted by Gasteiger charge is -2.41. The zero-order valence-corrected chi connectivity index (χ0v) is 8.45. The quantitative estimate of drug-likeness (QED) is 0.753. The SMILES string of the molecule is Cc1ccc(C2(CO)CCC2)cc1O. The van der Waals surface area contributed by atoms with Crippen LogP contribution < -0.4 is 0 Å². The van der Waals surface area contributed by atoms with Crippen LogP contribution in [-0.4, -0.2) is 16.8 Å². The molecule has 0 unspecified atom stereocenters. The van der Waals surface area contributed by atoms with Gasteiger partial charge in [-0.25, -0.2) is 0 Å². The number of aliphatic hydroxyl groups excluding tert-OH is 1. The summed E-state index contributed by atoms with van der Waals surface area (Å²) in [5.74, 6) is 0.335. The molecule has 1 aliphatic rings. The molecule has 1 fully saturated rings. The van der Waals surface area contributed by atoms with Crippen LogP contribution in [0.4, 0.5) is 0 Å². The summed E-state index contributed by atoms with van der Waals surface area (Å²) in [6, 6.07) is 5.73. The first kappa shape index (κ1) is 9.53. The van der Waals surface area contributed by atoms with Crippen molar-refractivity contribution in [3.8, 4) is 5.75 Å². The first-order valence-corrected chi connectivity index (χ1v) is 5.09. The van der Waals surface area contributed by atoms with Crippen molar-refractivity contribution in [1.82, 2.24) is 0 Å². The Morgan fingerprint density at radius 3 is 2.50 bits per heavy atom. The second kappa shape index (κ2) is 3.28. The molecule has 0 saturated heterocycles. The van der Waals surface area contributed by atoms with E-state index in [0.717, 1.165) is 24.0 Å². The first-order valence-electron chi connectivity index (χ1n) is 5.09. The minimum atomic E-state index is -0.0643. The lowest BCUT2D eigenvalue weighted by atomic mass is 9.65. The number of phenolic OH excluding ortho intramolecular Hbond substituents is 1. The molecule has 0 atom stereocenters. The highest BCUT2D eigenvalue weighted by Gasteiger charge is 2.38. The van der Waals surface area contributed by atoms with Gasteiger partial charge in [-0.3, -0.25) is 0 Å². The second-order valence-corrected chi connectivity index (χ2v) is 4.29. The highest BCUT2D eigenvalue weighted by Crippen LogP contribution is 2.44. The molecule has 1 aromatic carbocycles. The number of hydrogen-bond acceptors (Lipinski definition) is 2. The standard InChI is InChI=1S/C12H16O2/c1-9-3-4-10(7-11(9)14)12(8-13)5-2-6-12/h3-4,7,13-14H,2,5-6,8H2,1H3. The third-order valence-corrected chi connectivity index (χ3v) is 3.43. The zero-order valence-electron chi connectivity index (χ0n) is 8.45. The smallest absolute Gasteiger partial charge is 0.118 e. The van der Waals surface area contributed by atoms with Crippen molar-refractivity contribution in [1.29, 1.82) is 0 Å². The van der Waals surface area contributed by atoms with Crippen LogP contribution in [0.25, 0.3) is 0 Å². The van der Waals surface area contributed by atoms with Gasteiger partial charge in [0.15, 0.2) is 0 Å². The molecule has 2 N–H and O–H groups in total. The molecule has 2 rings (SSSR count). The molecular formula is C12H16O2. The Labute approximate surface area is 84.2 Å². The van der Waals surface area contributed by atoms with Crippen molar-refractivity contribution in [2.24, 2.45) is 0 Å². The van der Waals surface area contributed by atoms with Gasteiger partial charge in [0.2, 0.25) is 0 Å². The van der Waals surface area contributed by atoms with Gasteiger partial charge in [-0.05, 0) is 37.0 Å². The summed E-state index contributed by atoms with van der Waals surface area (Å²) in [5.41, 5.74) is 1.90. The number of aliphatic hydroxyl groups is 1. The molecule has 2 heteroatoms. The lowest BCUT2D eigenvalue weighted by Crippen LogP contribution is -2.37. The van der Waals surface area contributed by atoms with E-state index < -0.39 is 0 Å². The van der Waals surface area contributed by atoms with E-state index in [2.05, 4.69) is 0 Å². The van der Waals surface area contributed by atoms with Crippen LogP contribution in [0.15, 0.2) is 18.2 Å². The minimum absolute atomic E-state index is 0.0643. The van der Waals surface area contributed by atoms with Crippen LogP contribution in [0.5, 0.6) is 5.75 Å². The number of aromatic hydroxyl groups is 1. The van der Waals surface area contributed by atoms with Gasteiger partial charge in [0.1, 0.15) is 5.75 Å². The maximum atomic E-state index is 9.60. The van der Waals surface area contributed by atoms with Gasteiger partial charge in [-0.2, -0.15) is 0 Å². The predicted octanol–water partition coefficient (Wildman–Crippen LogP) is 2.11. The lowest BCUT2D eigenvalue weighted by molar-refractivity contribution is 0.120. The molecule has 1 aromatic rings. The van der Waals surface area contributed by atoms with Gasteiger partial charge >= 0.3 is 0 Å². The number of aryl methyl sites for hydroxylation is 1. The largest absolute Gasteiger partial charge is 0.508 e. The summed E-state index contributed by atoms with van der Waals surface area (Å²) in [6.07, 6.45) is 3.24. The molecule has 2 nitrogen and oxygen atoms in total. The molecule has 0 aromatic heterocycles. The summed E-state index contributed by atoms with van der Waals surface area (Å²) in [4.78, 5) is 0. The molecule has 0 radical (unpaired) electrons. The first-order chi connectivity index (χ1) is 6.68. The van der Waals surface area contributed by atoms with Gasteiger partial charge in [-0.1, -0.05) is 18.6 Å². The Balaban J connectivity index is 2.36. The Hall–Kier alpha value is -1.02. The fraction of sp³-hybridized carbons (Fsp3) is 0.500. The average Bonchev–Trinajstić information content (AvgIpc) is 2.10. The van der Waals surface area contributed by atoms with Crippen LogP contribution in [-0.2, 0) is 5.41 Å². The maximum Gasteiger partial charge on any atom is 0.118 e. The fourth-order valence-electron chi connectivity index (χ4n) is 2.08. The Morgan fingerprint density at radius 2 is 2.07 bits per heavy atom. The van der Waals surface area contributed by atoms with E-state index in [1.54, 1.807) is 6.07 Å². The summed E-state index contributed by atoms with van der Waals surface area (Å²) in [6.45, 7) is 2.07. The van der Waals surface area contributed by atoms with Crippen LogP contribution in [0.1, 0.15) is 30.4 Å². The molecule has 1 saturated carbocycles. The van der Waals surface area contributed by atoms with Crippen LogP contribution in [0.2, 0.25) is 0 Å². The fourth-order valence-corrected chi connectivity index (χ4v) is 2.08. The minimum Gasteiger partial charge on any atom is -0.508 e. The van der Waals surface area contributed by atoms with Gasteiger partial charge < -0.3 is 10.2 Å². The van der Waals surface area contributed by atoms with Crippen molar-refractivity contribution in [2.75, 3.05) is 6.61 Å². The van der Waals surface area contributed by atoms with Crippen molar-refractivity contribution in [3.05, 3.63) is 29.3 Å². The monoisotopic (exact) mass is 192 g/mol. The van der Waals surface area contributed by atoms with E-state index >= 15 is 0 Å². The van der Waals surface area contributed by atoms with E-state index in [1.807, 2.05) is 19.1 Å². The number of phenols is 1. The van der Waals surface area contributed by atoms with Gasteiger partial charge in [-0.15, -0.1) is 0 Å². The highest BCUT2D eigenvalue weighted by atomic mass is 16.3. The highest BCUT2D eigenvalue weighted by molar-refractivity contribution is 5.40. The second-order valence-electron chi connectivity index (χ2n) is 4.29. The van der Waals surface area contributed by atoms with E-state index in [4.69, 9.17) is 0 Å². The zero-order chi connectivity index (χ0) is 10.2. The molecule has 0 amide bonds. The molecule has 0 spiro atoms. The topological polar surface area (TPSA) is 40.5 Å². The normalized spacial score (nSPS) is 19.0. The molecule has 0 bridgehead atoms. The number of hydrogen-bond donors (Lipinski definition) is 2. The van der Waals surface area contributed by atoms with Crippen molar-refractivity contribution in [2.45, 2.75) is 31.6 Å². The van der Waals surface area contributed by atoms with Crippen molar-refractivity contribution in [3.63, 3.8) is 0 Å². The van der Waals surface area contributed by atoms with Crippen LogP contribution in [0, 0.1) is 6.92 Å². The summed E-state index contributed by atoms with van der Waals surface area (Å²) < 4.78 is 0. The van der Waals surface area contributed by atoms with E-state index in [9.17, 15) is 10.2 Å². The van der Waals surface area contributed by atoms with Gasteiger partial charge in [0.05, 0.1) is 6.61 Å². The Morgan fingerprint density at radius 1 is 1.36 bits per heavy atom. The summed E-state index contributed by atoms with van der Waals surface area (Å²) in [7, 11) is 0. The molecule has 0 aliphatic heterocycles. The van der Waals surface area contributed by atoms with E-state index in [1.165, 1.54) is 6.42 Å². The molecule has 0 heterocycles. The van der Waals surface area contributed by atoms with Gasteiger partial charge in [0.25, 0.3) is 0 Å². The third-order valence-electron chi connectivity index (χ3n) is 3.43. The van der Waals surface area contributed by atoms with Crippen molar-refractivity contribution < 1.29 is 10.2 Å². The molecule has 1 aliphatic carbocycles. The van der Waals surface area contributed by atoms with Crippen LogP contribution in [0.3, 0.4) is 0 Å². The van der Waals surface area contributed by atoms with Crippen LogP contribution >= 0.6 is 0 Å². The van der Waals surface area contributed by atoms with Gasteiger partial charge in [0, 0.05) is 5.41 Å². The van der Waals surface area contributed by atoms with E-state index in [-0.39, 0.29) is 12.0 Å². The Bertz CT molecular complexity index is 335. The molecule has 14 heavy (non-hydrogen) atoms. The van der Waals surface area contributed by atoms with E-state index in [0.29, 0.717) is 5.75 Å².